The van der Waals surface area contributed by atoms with Crippen LogP contribution in [0.4, 0.5) is 0 Å². The van der Waals surface area contributed by atoms with E-state index < -0.39 is 0 Å². The molecule has 0 bridgehead atoms. The van der Waals surface area contributed by atoms with Gasteiger partial charge in [-0.15, -0.1) is 0 Å². The average Bonchev–Trinajstić information content (AvgIpc) is 2.38. The van der Waals surface area contributed by atoms with E-state index in [-0.39, 0.29) is 11.9 Å². The van der Waals surface area contributed by atoms with Crippen LogP contribution in [0.15, 0.2) is 24.3 Å². The number of amides is 1. The van der Waals surface area contributed by atoms with Crippen LogP contribution in [0.5, 0.6) is 0 Å². The Morgan fingerprint density at radius 1 is 1.37 bits per heavy atom. The van der Waals surface area contributed by atoms with Crippen molar-refractivity contribution < 1.29 is 4.79 Å². The molecule has 1 N–H and O–H groups in total. The largest absolute Gasteiger partial charge is 0.338 e. The summed E-state index contributed by atoms with van der Waals surface area (Å²) in [7, 11) is 3.70. The first-order valence-corrected chi connectivity index (χ1v) is 7.01. The van der Waals surface area contributed by atoms with Crippen LogP contribution in [0.1, 0.15) is 31.9 Å². The van der Waals surface area contributed by atoms with Crippen LogP contribution >= 0.6 is 11.6 Å². The Labute approximate surface area is 120 Å². The van der Waals surface area contributed by atoms with Gasteiger partial charge in [0.1, 0.15) is 0 Å². The molecule has 0 radical (unpaired) electrons. The van der Waals surface area contributed by atoms with Crippen molar-refractivity contribution in [2.24, 2.45) is 5.92 Å². The van der Waals surface area contributed by atoms with Gasteiger partial charge in [-0.3, -0.25) is 4.79 Å². The summed E-state index contributed by atoms with van der Waals surface area (Å²) in [6.45, 7) is 4.90. The average molecular weight is 283 g/mol. The van der Waals surface area contributed by atoms with E-state index in [9.17, 15) is 4.79 Å². The van der Waals surface area contributed by atoms with Gasteiger partial charge in [0.25, 0.3) is 0 Å². The molecule has 0 heterocycles. The number of carbonyl (C=O) groups is 1. The Morgan fingerprint density at radius 3 is 2.53 bits per heavy atom. The lowest BCUT2D eigenvalue weighted by atomic mass is 9.94. The van der Waals surface area contributed by atoms with Gasteiger partial charge in [-0.25, -0.2) is 0 Å². The Morgan fingerprint density at radius 2 is 2.00 bits per heavy atom. The van der Waals surface area contributed by atoms with Gasteiger partial charge < -0.3 is 10.2 Å². The van der Waals surface area contributed by atoms with Crippen molar-refractivity contribution >= 4 is 17.5 Å². The fourth-order valence-electron chi connectivity index (χ4n) is 2.29. The summed E-state index contributed by atoms with van der Waals surface area (Å²) in [5.74, 6) is 0.441. The van der Waals surface area contributed by atoms with Gasteiger partial charge in [0, 0.05) is 25.0 Å². The molecule has 0 aromatic heterocycles. The van der Waals surface area contributed by atoms with Gasteiger partial charge >= 0.3 is 0 Å². The number of nitrogens with one attached hydrogen (secondary N) is 1. The van der Waals surface area contributed by atoms with Crippen molar-refractivity contribution in [3.8, 4) is 0 Å². The molecule has 106 valence electrons. The molecule has 1 aromatic rings. The predicted molar refractivity (Wildman–Crippen MR) is 80.3 cm³/mol. The number of rotatable bonds is 6. The SMILES string of the molecule is CNCCC(=O)N(C)C(c1ccccc1Cl)C(C)C. The molecule has 19 heavy (non-hydrogen) atoms. The summed E-state index contributed by atoms with van der Waals surface area (Å²) in [5, 5.41) is 3.72. The highest BCUT2D eigenvalue weighted by atomic mass is 35.5. The minimum atomic E-state index is 0.0121. The lowest BCUT2D eigenvalue weighted by molar-refractivity contribution is -0.132. The first-order chi connectivity index (χ1) is 8.99. The number of benzene rings is 1. The van der Waals surface area contributed by atoms with E-state index in [2.05, 4.69) is 19.2 Å². The number of nitrogens with zero attached hydrogens (tertiary/aromatic N) is 1. The molecule has 3 nitrogen and oxygen atoms in total. The molecule has 0 aliphatic rings. The molecular weight excluding hydrogens is 260 g/mol. The minimum absolute atomic E-state index is 0.0121. The molecule has 0 saturated heterocycles. The highest BCUT2D eigenvalue weighted by molar-refractivity contribution is 6.31. The maximum atomic E-state index is 12.2. The zero-order valence-electron chi connectivity index (χ0n) is 12.1. The maximum Gasteiger partial charge on any atom is 0.224 e. The quantitative estimate of drug-likeness (QED) is 0.869. The fraction of sp³-hybridized carbons (Fsp3) is 0.533. The zero-order chi connectivity index (χ0) is 14.4. The van der Waals surface area contributed by atoms with Gasteiger partial charge in [-0.2, -0.15) is 0 Å². The third-order valence-electron chi connectivity index (χ3n) is 3.25. The lowest BCUT2D eigenvalue weighted by Crippen LogP contribution is -2.35. The Bertz CT molecular complexity index is 420. The van der Waals surface area contributed by atoms with Gasteiger partial charge in [-0.05, 0) is 24.6 Å². The molecule has 0 aliphatic heterocycles. The monoisotopic (exact) mass is 282 g/mol. The predicted octanol–water partition coefficient (Wildman–Crippen LogP) is 3.11. The highest BCUT2D eigenvalue weighted by Gasteiger charge is 2.25. The smallest absolute Gasteiger partial charge is 0.224 e. The summed E-state index contributed by atoms with van der Waals surface area (Å²) in [6, 6.07) is 7.75. The number of hydrogen-bond donors (Lipinski definition) is 1. The summed E-state index contributed by atoms with van der Waals surface area (Å²) in [4.78, 5) is 14.0. The Kier molecular flexibility index (Phi) is 6.32. The van der Waals surface area contributed by atoms with Gasteiger partial charge in [0.05, 0.1) is 6.04 Å². The summed E-state index contributed by atoms with van der Waals surface area (Å²) in [6.07, 6.45) is 0.501. The molecular formula is C15H23ClN2O. The van der Waals surface area contributed by atoms with Crippen molar-refractivity contribution in [2.75, 3.05) is 20.6 Å². The van der Waals surface area contributed by atoms with Crippen LogP contribution in [0.3, 0.4) is 0 Å². The molecule has 1 unspecified atom stereocenters. The van der Waals surface area contributed by atoms with Crippen LogP contribution in [0.2, 0.25) is 5.02 Å². The minimum Gasteiger partial charge on any atom is -0.338 e. The fourth-order valence-corrected chi connectivity index (χ4v) is 2.54. The molecule has 0 aliphatic carbocycles. The molecule has 1 aromatic carbocycles. The molecule has 1 atom stereocenters. The van der Waals surface area contributed by atoms with Crippen LogP contribution in [-0.4, -0.2) is 31.4 Å². The second-order valence-electron chi connectivity index (χ2n) is 5.07. The first kappa shape index (κ1) is 16.0. The number of carbonyl (C=O) groups excluding carboxylic acids is 1. The molecule has 0 saturated carbocycles. The Balaban J connectivity index is 2.95. The molecule has 0 fully saturated rings. The van der Waals surface area contributed by atoms with Crippen molar-refractivity contribution in [3.63, 3.8) is 0 Å². The highest BCUT2D eigenvalue weighted by Crippen LogP contribution is 2.32. The third kappa shape index (κ3) is 4.22. The first-order valence-electron chi connectivity index (χ1n) is 6.63. The van der Waals surface area contributed by atoms with Crippen molar-refractivity contribution in [1.29, 1.82) is 0 Å². The van der Waals surface area contributed by atoms with E-state index in [1.807, 2.05) is 43.3 Å². The van der Waals surface area contributed by atoms with E-state index in [4.69, 9.17) is 11.6 Å². The lowest BCUT2D eigenvalue weighted by Gasteiger charge is -2.32. The van der Waals surface area contributed by atoms with E-state index >= 15 is 0 Å². The van der Waals surface area contributed by atoms with E-state index in [0.717, 1.165) is 10.6 Å². The van der Waals surface area contributed by atoms with Crippen molar-refractivity contribution in [1.82, 2.24) is 10.2 Å². The second kappa shape index (κ2) is 7.51. The topological polar surface area (TPSA) is 32.3 Å². The van der Waals surface area contributed by atoms with E-state index in [0.29, 0.717) is 18.9 Å². The normalized spacial score (nSPS) is 12.5. The maximum absolute atomic E-state index is 12.2. The Hall–Kier alpha value is -1.06. The van der Waals surface area contributed by atoms with Crippen molar-refractivity contribution in [3.05, 3.63) is 34.9 Å². The molecule has 4 heteroatoms. The summed E-state index contributed by atoms with van der Waals surface area (Å²) in [5.41, 5.74) is 1.01. The summed E-state index contributed by atoms with van der Waals surface area (Å²) < 4.78 is 0. The second-order valence-corrected chi connectivity index (χ2v) is 5.48. The summed E-state index contributed by atoms with van der Waals surface area (Å²) >= 11 is 6.27. The van der Waals surface area contributed by atoms with Crippen molar-refractivity contribution in [2.45, 2.75) is 26.3 Å². The molecule has 0 spiro atoms. The number of halogens is 1. The zero-order valence-corrected chi connectivity index (χ0v) is 12.9. The molecule has 1 rings (SSSR count). The number of hydrogen-bond acceptors (Lipinski definition) is 2. The van der Waals surface area contributed by atoms with E-state index in [1.165, 1.54) is 0 Å². The van der Waals surface area contributed by atoms with Crippen LogP contribution in [0.25, 0.3) is 0 Å². The van der Waals surface area contributed by atoms with Crippen LogP contribution < -0.4 is 5.32 Å². The van der Waals surface area contributed by atoms with Gasteiger partial charge in [-0.1, -0.05) is 43.6 Å². The van der Waals surface area contributed by atoms with Crippen LogP contribution in [0, 0.1) is 5.92 Å². The van der Waals surface area contributed by atoms with Gasteiger partial charge in [0.15, 0.2) is 0 Å². The molecule has 1 amide bonds. The standard InChI is InChI=1S/C15H23ClN2O/c1-11(2)15(12-7-5-6-8-13(12)16)18(4)14(19)9-10-17-3/h5-8,11,15,17H,9-10H2,1-4H3. The van der Waals surface area contributed by atoms with Crippen LogP contribution in [-0.2, 0) is 4.79 Å². The van der Waals surface area contributed by atoms with Gasteiger partial charge in [0.2, 0.25) is 5.91 Å². The van der Waals surface area contributed by atoms with E-state index in [1.54, 1.807) is 0 Å². The third-order valence-corrected chi connectivity index (χ3v) is 3.60.